The molecule has 0 saturated carbocycles. The Hall–Kier alpha value is -1.81. The number of fused-ring (bicyclic) bond motifs is 1. The quantitative estimate of drug-likeness (QED) is 0.625. The molecule has 17 heavy (non-hydrogen) atoms. The van der Waals surface area contributed by atoms with Crippen LogP contribution in [-0.2, 0) is 15.1 Å². The average molecular weight is 234 g/mol. The lowest BCUT2D eigenvalue weighted by Crippen LogP contribution is -2.22. The highest BCUT2D eigenvalue weighted by molar-refractivity contribution is 5.83. The molecule has 0 radical (unpaired) electrons. The molecule has 0 fully saturated rings. The SMILES string of the molecule is CCOC(=O)/C=C1\Oc2ccccc2[C@@]1(C)O. The van der Waals surface area contributed by atoms with E-state index in [2.05, 4.69) is 0 Å². The monoisotopic (exact) mass is 234 g/mol. The molecular weight excluding hydrogens is 220 g/mol. The van der Waals surface area contributed by atoms with Crippen LogP contribution in [0.2, 0.25) is 0 Å². The highest BCUT2D eigenvalue weighted by Crippen LogP contribution is 2.43. The van der Waals surface area contributed by atoms with E-state index in [1.54, 1.807) is 26.0 Å². The van der Waals surface area contributed by atoms with Crippen molar-refractivity contribution in [2.75, 3.05) is 6.61 Å². The van der Waals surface area contributed by atoms with Gasteiger partial charge in [-0.05, 0) is 19.9 Å². The summed E-state index contributed by atoms with van der Waals surface area (Å²) in [6, 6.07) is 7.13. The number of benzene rings is 1. The first-order chi connectivity index (χ1) is 8.05. The first-order valence-electron chi connectivity index (χ1n) is 5.44. The summed E-state index contributed by atoms with van der Waals surface area (Å²) in [6.07, 6.45) is 1.18. The topological polar surface area (TPSA) is 55.8 Å². The van der Waals surface area contributed by atoms with Crippen molar-refractivity contribution in [3.05, 3.63) is 41.7 Å². The molecule has 1 aliphatic heterocycles. The molecule has 0 spiro atoms. The lowest BCUT2D eigenvalue weighted by Gasteiger charge is -2.16. The molecule has 0 aliphatic carbocycles. The maximum atomic E-state index is 11.3. The molecule has 1 aliphatic rings. The van der Waals surface area contributed by atoms with Crippen molar-refractivity contribution >= 4 is 5.97 Å². The van der Waals surface area contributed by atoms with Crippen LogP contribution in [-0.4, -0.2) is 17.7 Å². The number of esters is 1. The van der Waals surface area contributed by atoms with Crippen molar-refractivity contribution < 1.29 is 19.4 Å². The van der Waals surface area contributed by atoms with E-state index < -0.39 is 11.6 Å². The molecule has 0 bridgehead atoms. The zero-order chi connectivity index (χ0) is 12.5. The van der Waals surface area contributed by atoms with Gasteiger partial charge in [0.25, 0.3) is 0 Å². The zero-order valence-electron chi connectivity index (χ0n) is 9.77. The van der Waals surface area contributed by atoms with Crippen LogP contribution in [0.25, 0.3) is 0 Å². The number of para-hydroxylation sites is 1. The summed E-state index contributed by atoms with van der Waals surface area (Å²) >= 11 is 0. The van der Waals surface area contributed by atoms with E-state index in [1.807, 2.05) is 12.1 Å². The van der Waals surface area contributed by atoms with Gasteiger partial charge >= 0.3 is 5.97 Å². The van der Waals surface area contributed by atoms with E-state index in [0.717, 1.165) is 0 Å². The van der Waals surface area contributed by atoms with Crippen molar-refractivity contribution in [3.8, 4) is 5.75 Å². The molecule has 1 heterocycles. The first kappa shape index (κ1) is 11.7. The highest BCUT2D eigenvalue weighted by Gasteiger charge is 2.39. The summed E-state index contributed by atoms with van der Waals surface area (Å²) in [6.45, 7) is 3.60. The Morgan fingerprint density at radius 1 is 1.53 bits per heavy atom. The summed E-state index contributed by atoms with van der Waals surface area (Å²) in [4.78, 5) is 11.3. The predicted molar refractivity (Wildman–Crippen MR) is 61.4 cm³/mol. The van der Waals surface area contributed by atoms with Gasteiger partial charge in [-0.2, -0.15) is 0 Å². The van der Waals surface area contributed by atoms with Crippen LogP contribution >= 0.6 is 0 Å². The van der Waals surface area contributed by atoms with Gasteiger partial charge in [-0.25, -0.2) is 4.79 Å². The van der Waals surface area contributed by atoms with Gasteiger partial charge in [-0.1, -0.05) is 18.2 Å². The Morgan fingerprint density at radius 2 is 2.24 bits per heavy atom. The Balaban J connectivity index is 2.34. The van der Waals surface area contributed by atoms with Gasteiger partial charge in [-0.3, -0.25) is 0 Å². The molecule has 1 aromatic rings. The molecule has 1 aromatic carbocycles. The third kappa shape index (κ3) is 2.03. The molecule has 4 heteroatoms. The van der Waals surface area contributed by atoms with E-state index >= 15 is 0 Å². The average Bonchev–Trinajstić information content (AvgIpc) is 2.52. The molecule has 0 aromatic heterocycles. The van der Waals surface area contributed by atoms with Crippen LogP contribution < -0.4 is 4.74 Å². The minimum absolute atomic E-state index is 0.192. The summed E-state index contributed by atoms with van der Waals surface area (Å²) in [5, 5.41) is 10.3. The summed E-state index contributed by atoms with van der Waals surface area (Å²) in [5.74, 6) is 0.237. The van der Waals surface area contributed by atoms with E-state index in [9.17, 15) is 9.90 Å². The third-order valence-electron chi connectivity index (χ3n) is 2.65. The molecule has 0 unspecified atom stereocenters. The lowest BCUT2D eigenvalue weighted by atomic mass is 9.95. The van der Waals surface area contributed by atoms with Crippen molar-refractivity contribution in [3.63, 3.8) is 0 Å². The van der Waals surface area contributed by atoms with Gasteiger partial charge in [0.05, 0.1) is 12.7 Å². The van der Waals surface area contributed by atoms with Crippen LogP contribution in [0.15, 0.2) is 36.1 Å². The van der Waals surface area contributed by atoms with Gasteiger partial charge in [0.1, 0.15) is 17.1 Å². The zero-order valence-corrected chi connectivity index (χ0v) is 9.77. The molecule has 1 N–H and O–H groups in total. The number of carbonyl (C=O) groups excluding carboxylic acids is 1. The summed E-state index contributed by atoms with van der Waals surface area (Å²) in [5.41, 5.74) is -0.640. The first-order valence-corrected chi connectivity index (χ1v) is 5.44. The maximum absolute atomic E-state index is 11.3. The second-order valence-electron chi connectivity index (χ2n) is 3.93. The second kappa shape index (κ2) is 4.22. The molecule has 1 atom stereocenters. The number of carbonyl (C=O) groups is 1. The van der Waals surface area contributed by atoms with E-state index in [0.29, 0.717) is 11.3 Å². The highest BCUT2D eigenvalue weighted by atomic mass is 16.5. The minimum Gasteiger partial charge on any atom is -0.463 e. The standard InChI is InChI=1S/C13H14O4/c1-3-16-12(14)8-11-13(2,15)9-6-4-5-7-10(9)17-11/h4-8,15H,3H2,1-2H3/b11-8-/t13-/m1/s1. The summed E-state index contributed by atoms with van der Waals surface area (Å²) in [7, 11) is 0. The van der Waals surface area contributed by atoms with Crippen molar-refractivity contribution in [2.24, 2.45) is 0 Å². The van der Waals surface area contributed by atoms with E-state index in [4.69, 9.17) is 9.47 Å². The van der Waals surface area contributed by atoms with Crippen molar-refractivity contribution in [1.29, 1.82) is 0 Å². The van der Waals surface area contributed by atoms with E-state index in [-0.39, 0.29) is 12.4 Å². The van der Waals surface area contributed by atoms with E-state index in [1.165, 1.54) is 6.08 Å². The smallest absolute Gasteiger partial charge is 0.334 e. The number of hydrogen-bond acceptors (Lipinski definition) is 4. The fourth-order valence-corrected chi connectivity index (χ4v) is 1.77. The normalized spacial score (nSPS) is 24.3. The largest absolute Gasteiger partial charge is 0.463 e. The van der Waals surface area contributed by atoms with Gasteiger partial charge in [-0.15, -0.1) is 0 Å². The molecular formula is C13H14O4. The molecule has 90 valence electrons. The predicted octanol–water partition coefficient (Wildman–Crippen LogP) is 1.73. The fourth-order valence-electron chi connectivity index (χ4n) is 1.77. The Labute approximate surface area is 99.5 Å². The number of ether oxygens (including phenoxy) is 2. The van der Waals surface area contributed by atoms with Crippen LogP contribution in [0.5, 0.6) is 5.75 Å². The Kier molecular flexibility index (Phi) is 2.90. The van der Waals surface area contributed by atoms with Crippen LogP contribution in [0, 0.1) is 0 Å². The Morgan fingerprint density at radius 3 is 2.88 bits per heavy atom. The second-order valence-corrected chi connectivity index (χ2v) is 3.93. The van der Waals surface area contributed by atoms with Crippen LogP contribution in [0.3, 0.4) is 0 Å². The fraction of sp³-hybridized carbons (Fsp3) is 0.308. The summed E-state index contributed by atoms with van der Waals surface area (Å²) < 4.78 is 10.2. The molecule has 2 rings (SSSR count). The molecule has 0 saturated heterocycles. The number of hydrogen-bond donors (Lipinski definition) is 1. The van der Waals surface area contributed by atoms with Crippen LogP contribution in [0.4, 0.5) is 0 Å². The third-order valence-corrected chi connectivity index (χ3v) is 2.65. The molecule has 0 amide bonds. The van der Waals surface area contributed by atoms with Gasteiger partial charge in [0.15, 0.2) is 0 Å². The van der Waals surface area contributed by atoms with Crippen molar-refractivity contribution in [1.82, 2.24) is 0 Å². The van der Waals surface area contributed by atoms with Gasteiger partial charge < -0.3 is 14.6 Å². The lowest BCUT2D eigenvalue weighted by molar-refractivity contribution is -0.137. The van der Waals surface area contributed by atoms with Gasteiger partial charge in [0, 0.05) is 5.56 Å². The minimum atomic E-state index is -1.29. The molecule has 4 nitrogen and oxygen atoms in total. The maximum Gasteiger partial charge on any atom is 0.334 e. The van der Waals surface area contributed by atoms with Crippen molar-refractivity contribution in [2.45, 2.75) is 19.4 Å². The Bertz CT molecular complexity index is 474. The number of aliphatic hydroxyl groups is 1. The number of rotatable bonds is 2. The van der Waals surface area contributed by atoms with Crippen LogP contribution in [0.1, 0.15) is 19.4 Å². The van der Waals surface area contributed by atoms with Gasteiger partial charge in [0.2, 0.25) is 0 Å².